The van der Waals surface area contributed by atoms with Gasteiger partial charge in [-0.05, 0) is 33.4 Å². The number of nitrogens with one attached hydrogen (secondary N) is 2. The second kappa shape index (κ2) is 5.21. The molecule has 0 spiro atoms. The van der Waals surface area contributed by atoms with Gasteiger partial charge in [0, 0.05) is 29.8 Å². The Labute approximate surface area is 96.8 Å². The molecule has 88 valence electrons. The quantitative estimate of drug-likeness (QED) is 0.677. The van der Waals surface area contributed by atoms with Crippen molar-refractivity contribution in [3.63, 3.8) is 0 Å². The Bertz CT molecular complexity index is 223. The molecule has 1 fully saturated rings. The van der Waals surface area contributed by atoms with E-state index >= 15 is 0 Å². The maximum atomic E-state index is 10.7. The molecule has 1 aliphatic rings. The van der Waals surface area contributed by atoms with Crippen LogP contribution >= 0.6 is 11.8 Å². The lowest BCUT2D eigenvalue weighted by Crippen LogP contribution is -2.51. The summed E-state index contributed by atoms with van der Waals surface area (Å²) in [7, 11) is 0. The van der Waals surface area contributed by atoms with E-state index in [1.54, 1.807) is 0 Å². The first-order valence-corrected chi connectivity index (χ1v) is 6.73. The van der Waals surface area contributed by atoms with Gasteiger partial charge in [-0.3, -0.25) is 4.79 Å². The summed E-state index contributed by atoms with van der Waals surface area (Å²) in [5.74, 6) is 0.191. The van der Waals surface area contributed by atoms with E-state index < -0.39 is 0 Å². The summed E-state index contributed by atoms with van der Waals surface area (Å²) in [5, 5.41) is 6.42. The SMILES string of the molecule is CSC(C)(C)CNC(C)CC1CC(=O)N1. The number of rotatable bonds is 6. The Morgan fingerprint density at radius 2 is 2.27 bits per heavy atom. The molecule has 1 saturated heterocycles. The number of β-lactam (4-membered cyclic amide) rings is 1. The van der Waals surface area contributed by atoms with Crippen molar-refractivity contribution >= 4 is 17.7 Å². The van der Waals surface area contributed by atoms with Crippen molar-refractivity contribution in [3.8, 4) is 0 Å². The molecule has 2 unspecified atom stereocenters. The molecule has 0 aromatic rings. The fourth-order valence-electron chi connectivity index (χ4n) is 1.57. The number of hydrogen-bond acceptors (Lipinski definition) is 3. The first-order valence-electron chi connectivity index (χ1n) is 5.51. The zero-order chi connectivity index (χ0) is 11.5. The Hall–Kier alpha value is -0.220. The average molecular weight is 230 g/mol. The van der Waals surface area contributed by atoms with Crippen LogP contribution in [0, 0.1) is 0 Å². The zero-order valence-corrected chi connectivity index (χ0v) is 10.9. The van der Waals surface area contributed by atoms with Crippen LogP contribution in [0.25, 0.3) is 0 Å². The summed E-state index contributed by atoms with van der Waals surface area (Å²) >= 11 is 1.88. The van der Waals surface area contributed by atoms with Crippen molar-refractivity contribution in [3.05, 3.63) is 0 Å². The van der Waals surface area contributed by atoms with Crippen LogP contribution in [-0.2, 0) is 4.79 Å². The molecule has 15 heavy (non-hydrogen) atoms. The van der Waals surface area contributed by atoms with Crippen LogP contribution in [0.1, 0.15) is 33.6 Å². The molecule has 1 aliphatic heterocycles. The van der Waals surface area contributed by atoms with Crippen molar-refractivity contribution in [1.82, 2.24) is 10.6 Å². The monoisotopic (exact) mass is 230 g/mol. The first-order chi connectivity index (χ1) is 6.93. The summed E-state index contributed by atoms with van der Waals surface area (Å²) in [6.07, 6.45) is 3.88. The molecule has 3 nitrogen and oxygen atoms in total. The molecular weight excluding hydrogens is 208 g/mol. The molecule has 0 aromatic carbocycles. The van der Waals surface area contributed by atoms with E-state index in [1.165, 1.54) is 0 Å². The third kappa shape index (κ3) is 4.43. The molecule has 1 rings (SSSR count). The third-order valence-corrected chi connectivity index (χ3v) is 4.11. The molecular formula is C11H22N2OS. The van der Waals surface area contributed by atoms with Gasteiger partial charge in [-0.2, -0.15) is 11.8 Å². The number of hydrogen-bond donors (Lipinski definition) is 2. The van der Waals surface area contributed by atoms with E-state index in [-0.39, 0.29) is 10.7 Å². The lowest BCUT2D eigenvalue weighted by atomic mass is 9.98. The Morgan fingerprint density at radius 1 is 1.67 bits per heavy atom. The molecule has 1 amide bonds. The van der Waals surface area contributed by atoms with E-state index in [2.05, 4.69) is 37.7 Å². The van der Waals surface area contributed by atoms with E-state index in [0.717, 1.165) is 13.0 Å². The molecule has 0 aromatic heterocycles. The molecule has 0 radical (unpaired) electrons. The van der Waals surface area contributed by atoms with Crippen LogP contribution in [-0.4, -0.2) is 35.5 Å². The van der Waals surface area contributed by atoms with Crippen LogP contribution in [0.4, 0.5) is 0 Å². The lowest BCUT2D eigenvalue weighted by Gasteiger charge is -2.31. The standard InChI is InChI=1S/C11H22N2OS/c1-8(5-9-6-10(14)13-9)12-7-11(2,3)15-4/h8-9,12H,5-7H2,1-4H3,(H,13,14). The summed E-state index contributed by atoms with van der Waals surface area (Å²) in [6.45, 7) is 7.67. The summed E-state index contributed by atoms with van der Waals surface area (Å²) < 4.78 is 0.289. The van der Waals surface area contributed by atoms with Crippen LogP contribution < -0.4 is 10.6 Å². The Balaban J connectivity index is 2.13. The van der Waals surface area contributed by atoms with Gasteiger partial charge in [-0.15, -0.1) is 0 Å². The van der Waals surface area contributed by atoms with Gasteiger partial charge in [0.2, 0.25) is 5.91 Å². The summed E-state index contributed by atoms with van der Waals surface area (Å²) in [4.78, 5) is 10.7. The number of thioether (sulfide) groups is 1. The lowest BCUT2D eigenvalue weighted by molar-refractivity contribution is -0.128. The number of amides is 1. The first kappa shape index (κ1) is 12.8. The molecule has 1 heterocycles. The maximum absolute atomic E-state index is 10.7. The van der Waals surface area contributed by atoms with Crippen LogP contribution in [0.15, 0.2) is 0 Å². The molecule has 0 saturated carbocycles. The van der Waals surface area contributed by atoms with Gasteiger partial charge in [-0.25, -0.2) is 0 Å². The predicted molar refractivity (Wildman–Crippen MR) is 66.2 cm³/mol. The van der Waals surface area contributed by atoms with Gasteiger partial charge in [0.1, 0.15) is 0 Å². The van der Waals surface area contributed by atoms with E-state index in [0.29, 0.717) is 18.5 Å². The normalized spacial score (nSPS) is 23.2. The Morgan fingerprint density at radius 3 is 2.73 bits per heavy atom. The minimum absolute atomic E-state index is 0.191. The van der Waals surface area contributed by atoms with Crippen LogP contribution in [0.2, 0.25) is 0 Å². The highest BCUT2D eigenvalue weighted by Crippen LogP contribution is 2.20. The van der Waals surface area contributed by atoms with E-state index in [4.69, 9.17) is 0 Å². The van der Waals surface area contributed by atoms with Crippen LogP contribution in [0.3, 0.4) is 0 Å². The fraction of sp³-hybridized carbons (Fsp3) is 0.909. The highest BCUT2D eigenvalue weighted by atomic mass is 32.2. The van der Waals surface area contributed by atoms with Crippen LogP contribution in [0.5, 0.6) is 0 Å². The van der Waals surface area contributed by atoms with Crippen molar-refractivity contribution in [2.45, 2.75) is 50.4 Å². The van der Waals surface area contributed by atoms with E-state index in [9.17, 15) is 4.79 Å². The molecule has 4 heteroatoms. The van der Waals surface area contributed by atoms with Gasteiger partial charge in [0.25, 0.3) is 0 Å². The van der Waals surface area contributed by atoms with Gasteiger partial charge >= 0.3 is 0 Å². The number of carbonyl (C=O) groups excluding carboxylic acids is 1. The fourth-order valence-corrected chi connectivity index (χ4v) is 1.80. The Kier molecular flexibility index (Phi) is 4.46. The molecule has 2 atom stereocenters. The highest BCUT2D eigenvalue weighted by Gasteiger charge is 2.27. The van der Waals surface area contributed by atoms with Gasteiger partial charge in [0.05, 0.1) is 0 Å². The second-order valence-electron chi connectivity index (χ2n) is 4.95. The largest absolute Gasteiger partial charge is 0.353 e. The van der Waals surface area contributed by atoms with Crippen molar-refractivity contribution in [1.29, 1.82) is 0 Å². The zero-order valence-electron chi connectivity index (χ0n) is 10.1. The summed E-state index contributed by atoms with van der Waals surface area (Å²) in [5.41, 5.74) is 0. The maximum Gasteiger partial charge on any atom is 0.222 e. The van der Waals surface area contributed by atoms with Crippen molar-refractivity contribution in [2.75, 3.05) is 12.8 Å². The minimum atomic E-state index is 0.191. The minimum Gasteiger partial charge on any atom is -0.353 e. The van der Waals surface area contributed by atoms with Crippen molar-refractivity contribution in [2.24, 2.45) is 0 Å². The van der Waals surface area contributed by atoms with Gasteiger partial charge < -0.3 is 10.6 Å². The summed E-state index contributed by atoms with van der Waals surface area (Å²) in [6, 6.07) is 0.874. The second-order valence-corrected chi connectivity index (χ2v) is 6.46. The third-order valence-electron chi connectivity index (χ3n) is 2.86. The average Bonchev–Trinajstić information content (AvgIpc) is 2.13. The predicted octanol–water partition coefficient (Wildman–Crippen LogP) is 1.38. The highest BCUT2D eigenvalue weighted by molar-refractivity contribution is 7.99. The van der Waals surface area contributed by atoms with Gasteiger partial charge in [0.15, 0.2) is 0 Å². The topological polar surface area (TPSA) is 41.1 Å². The number of carbonyl (C=O) groups is 1. The van der Waals surface area contributed by atoms with Crippen molar-refractivity contribution < 1.29 is 4.79 Å². The van der Waals surface area contributed by atoms with Gasteiger partial charge in [-0.1, -0.05) is 0 Å². The molecule has 0 aliphatic carbocycles. The molecule has 2 N–H and O–H groups in total. The molecule has 0 bridgehead atoms. The van der Waals surface area contributed by atoms with E-state index in [1.807, 2.05) is 11.8 Å². The smallest absolute Gasteiger partial charge is 0.222 e.